The lowest BCUT2D eigenvalue weighted by Crippen LogP contribution is -2.07. The summed E-state index contributed by atoms with van der Waals surface area (Å²) in [5.41, 5.74) is 2.11. The molecule has 0 aliphatic rings. The molecule has 3 aromatic rings. The van der Waals surface area contributed by atoms with Gasteiger partial charge in [0.05, 0.1) is 12.6 Å². The average Bonchev–Trinajstić information content (AvgIpc) is 2.83. The van der Waals surface area contributed by atoms with E-state index in [2.05, 4.69) is 22.8 Å². The molecule has 3 rings (SSSR count). The highest BCUT2D eigenvalue weighted by Gasteiger charge is 2.09. The highest BCUT2D eigenvalue weighted by atomic mass is 16.3. The maximum atomic E-state index is 10.2. The van der Waals surface area contributed by atoms with Crippen molar-refractivity contribution in [2.24, 2.45) is 0 Å². The Labute approximate surface area is 106 Å². The monoisotopic (exact) mass is 237 g/mol. The standard InChI is InChI=1S/C16H15NO/c18-16(14-7-2-1-3-8-14)12-17-11-10-13-6-4-5-9-15(13)17/h1-11,16,18H,12H2/t16-/m1/s1. The zero-order chi connectivity index (χ0) is 12.4. The van der Waals surface area contributed by atoms with Gasteiger partial charge in [0.1, 0.15) is 0 Å². The molecule has 2 aromatic carbocycles. The van der Waals surface area contributed by atoms with Crippen molar-refractivity contribution in [3.63, 3.8) is 0 Å². The molecule has 0 saturated heterocycles. The SMILES string of the molecule is O[C@H](Cn1ccc2ccccc21)c1ccccc1. The topological polar surface area (TPSA) is 25.2 Å². The number of benzene rings is 2. The van der Waals surface area contributed by atoms with E-state index in [1.54, 1.807) is 0 Å². The van der Waals surface area contributed by atoms with Crippen LogP contribution in [-0.2, 0) is 6.54 Å². The van der Waals surface area contributed by atoms with E-state index in [0.29, 0.717) is 6.54 Å². The van der Waals surface area contributed by atoms with Gasteiger partial charge in [0.25, 0.3) is 0 Å². The lowest BCUT2D eigenvalue weighted by atomic mass is 10.1. The Morgan fingerprint density at radius 3 is 2.44 bits per heavy atom. The van der Waals surface area contributed by atoms with Crippen molar-refractivity contribution in [2.75, 3.05) is 0 Å². The van der Waals surface area contributed by atoms with Crippen molar-refractivity contribution in [3.8, 4) is 0 Å². The van der Waals surface area contributed by atoms with Gasteiger partial charge in [-0.05, 0) is 23.1 Å². The summed E-state index contributed by atoms with van der Waals surface area (Å²) in [4.78, 5) is 0. The van der Waals surface area contributed by atoms with Crippen LogP contribution in [0.3, 0.4) is 0 Å². The van der Waals surface area contributed by atoms with Gasteiger partial charge in [0.15, 0.2) is 0 Å². The number of hydrogen-bond acceptors (Lipinski definition) is 1. The molecule has 18 heavy (non-hydrogen) atoms. The van der Waals surface area contributed by atoms with Crippen LogP contribution in [0.15, 0.2) is 66.9 Å². The van der Waals surface area contributed by atoms with E-state index in [4.69, 9.17) is 0 Å². The summed E-state index contributed by atoms with van der Waals surface area (Å²) in [5, 5.41) is 11.4. The van der Waals surface area contributed by atoms with Crippen LogP contribution in [0.25, 0.3) is 10.9 Å². The normalized spacial score (nSPS) is 12.7. The van der Waals surface area contributed by atoms with Gasteiger partial charge in [-0.15, -0.1) is 0 Å². The fourth-order valence-corrected chi connectivity index (χ4v) is 2.27. The molecule has 2 heteroatoms. The molecule has 1 heterocycles. The lowest BCUT2D eigenvalue weighted by Gasteiger charge is -2.13. The third kappa shape index (κ3) is 2.03. The van der Waals surface area contributed by atoms with Crippen LogP contribution in [0.4, 0.5) is 0 Å². The van der Waals surface area contributed by atoms with E-state index in [-0.39, 0.29) is 0 Å². The molecule has 0 amide bonds. The highest BCUT2D eigenvalue weighted by Crippen LogP contribution is 2.20. The third-order valence-corrected chi connectivity index (χ3v) is 3.23. The molecule has 0 unspecified atom stereocenters. The number of nitrogens with zero attached hydrogens (tertiary/aromatic N) is 1. The van der Waals surface area contributed by atoms with Crippen LogP contribution < -0.4 is 0 Å². The molecular weight excluding hydrogens is 222 g/mol. The van der Waals surface area contributed by atoms with E-state index in [1.165, 1.54) is 5.39 Å². The van der Waals surface area contributed by atoms with Crippen LogP contribution in [-0.4, -0.2) is 9.67 Å². The van der Waals surface area contributed by atoms with Crippen LogP contribution >= 0.6 is 0 Å². The van der Waals surface area contributed by atoms with Crippen molar-refractivity contribution < 1.29 is 5.11 Å². The third-order valence-electron chi connectivity index (χ3n) is 3.23. The quantitative estimate of drug-likeness (QED) is 0.742. The van der Waals surface area contributed by atoms with Crippen LogP contribution in [0.1, 0.15) is 11.7 Å². The minimum Gasteiger partial charge on any atom is -0.387 e. The lowest BCUT2D eigenvalue weighted by molar-refractivity contribution is 0.158. The average molecular weight is 237 g/mol. The Balaban J connectivity index is 1.89. The molecule has 1 atom stereocenters. The predicted octanol–water partition coefficient (Wildman–Crippen LogP) is 3.37. The zero-order valence-electron chi connectivity index (χ0n) is 10.0. The van der Waals surface area contributed by atoms with Gasteiger partial charge >= 0.3 is 0 Å². The zero-order valence-corrected chi connectivity index (χ0v) is 10.0. The number of aliphatic hydroxyl groups is 1. The molecule has 0 saturated carbocycles. The van der Waals surface area contributed by atoms with Gasteiger partial charge in [0, 0.05) is 11.7 Å². The Morgan fingerprint density at radius 1 is 0.889 bits per heavy atom. The first-order valence-corrected chi connectivity index (χ1v) is 6.11. The molecule has 0 spiro atoms. The molecule has 0 fully saturated rings. The molecule has 0 bridgehead atoms. The smallest absolute Gasteiger partial charge is 0.0968 e. The molecule has 0 aliphatic heterocycles. The van der Waals surface area contributed by atoms with Crippen LogP contribution in [0.2, 0.25) is 0 Å². The number of fused-ring (bicyclic) bond motifs is 1. The van der Waals surface area contributed by atoms with E-state index < -0.39 is 6.10 Å². The highest BCUT2D eigenvalue weighted by molar-refractivity contribution is 5.79. The molecule has 1 aromatic heterocycles. The first kappa shape index (κ1) is 11.1. The number of aliphatic hydroxyl groups excluding tert-OH is 1. The Bertz CT molecular complexity index is 642. The summed E-state index contributed by atoms with van der Waals surface area (Å²) >= 11 is 0. The van der Waals surface area contributed by atoms with E-state index in [9.17, 15) is 5.11 Å². The number of para-hydroxylation sites is 1. The molecule has 90 valence electrons. The number of hydrogen-bond donors (Lipinski definition) is 1. The molecule has 0 radical (unpaired) electrons. The maximum absolute atomic E-state index is 10.2. The summed E-state index contributed by atoms with van der Waals surface area (Å²) in [6, 6.07) is 20.1. The Kier molecular flexibility index (Phi) is 2.87. The fourth-order valence-electron chi connectivity index (χ4n) is 2.27. The van der Waals surface area contributed by atoms with Gasteiger partial charge in [-0.25, -0.2) is 0 Å². The fraction of sp³-hybridized carbons (Fsp3) is 0.125. The van der Waals surface area contributed by atoms with Crippen LogP contribution in [0.5, 0.6) is 0 Å². The number of rotatable bonds is 3. The van der Waals surface area contributed by atoms with Gasteiger partial charge in [-0.3, -0.25) is 0 Å². The first-order valence-electron chi connectivity index (χ1n) is 6.11. The van der Waals surface area contributed by atoms with Crippen molar-refractivity contribution in [3.05, 3.63) is 72.4 Å². The molecule has 0 aliphatic carbocycles. The Morgan fingerprint density at radius 2 is 1.61 bits per heavy atom. The van der Waals surface area contributed by atoms with Crippen LogP contribution in [0, 0.1) is 0 Å². The second kappa shape index (κ2) is 4.67. The molecule has 2 nitrogen and oxygen atoms in total. The van der Waals surface area contributed by atoms with E-state index in [1.807, 2.05) is 48.7 Å². The Hall–Kier alpha value is -2.06. The second-order valence-electron chi connectivity index (χ2n) is 4.45. The van der Waals surface area contributed by atoms with E-state index in [0.717, 1.165) is 11.1 Å². The largest absolute Gasteiger partial charge is 0.387 e. The molecule has 1 N–H and O–H groups in total. The minimum absolute atomic E-state index is 0.470. The summed E-state index contributed by atoms with van der Waals surface area (Å²) in [7, 11) is 0. The van der Waals surface area contributed by atoms with Crippen molar-refractivity contribution in [1.82, 2.24) is 4.57 Å². The van der Waals surface area contributed by atoms with Gasteiger partial charge in [-0.2, -0.15) is 0 Å². The van der Waals surface area contributed by atoms with Crippen molar-refractivity contribution in [1.29, 1.82) is 0 Å². The van der Waals surface area contributed by atoms with Gasteiger partial charge in [-0.1, -0.05) is 48.5 Å². The molecular formula is C16H15NO. The number of aromatic nitrogens is 1. The maximum Gasteiger partial charge on any atom is 0.0968 e. The van der Waals surface area contributed by atoms with Crippen molar-refractivity contribution >= 4 is 10.9 Å². The summed E-state index contributed by atoms with van der Waals surface area (Å²) < 4.78 is 2.09. The minimum atomic E-state index is -0.470. The van der Waals surface area contributed by atoms with Gasteiger partial charge < -0.3 is 9.67 Å². The first-order chi connectivity index (χ1) is 8.84. The summed E-state index contributed by atoms with van der Waals surface area (Å²) in [6.07, 6.45) is 1.55. The van der Waals surface area contributed by atoms with Gasteiger partial charge in [0.2, 0.25) is 0 Å². The summed E-state index contributed by atoms with van der Waals surface area (Å²) in [5.74, 6) is 0. The summed E-state index contributed by atoms with van der Waals surface area (Å²) in [6.45, 7) is 0.581. The van der Waals surface area contributed by atoms with Crippen molar-refractivity contribution in [2.45, 2.75) is 12.6 Å². The second-order valence-corrected chi connectivity index (χ2v) is 4.45. The van der Waals surface area contributed by atoms with E-state index >= 15 is 0 Å². The predicted molar refractivity (Wildman–Crippen MR) is 73.3 cm³/mol.